The van der Waals surface area contributed by atoms with E-state index in [1.807, 2.05) is 49.4 Å². The smallest absolute Gasteiger partial charge is 0.0572 e. The highest BCUT2D eigenvalue weighted by Gasteiger charge is 2.12. The van der Waals surface area contributed by atoms with Crippen molar-refractivity contribution >= 4 is 5.69 Å². The van der Waals surface area contributed by atoms with Crippen LogP contribution in [0.3, 0.4) is 0 Å². The van der Waals surface area contributed by atoms with E-state index in [2.05, 4.69) is 42.1 Å². The van der Waals surface area contributed by atoms with E-state index in [-0.39, 0.29) is 12.1 Å². The Kier molecular flexibility index (Phi) is 5.55. The summed E-state index contributed by atoms with van der Waals surface area (Å²) in [5, 5.41) is 0. The van der Waals surface area contributed by atoms with E-state index < -0.39 is 0 Å². The molecule has 0 aliphatic rings. The lowest BCUT2D eigenvalue weighted by atomic mass is 9.98. The Balaban J connectivity index is 2.17. The highest BCUT2D eigenvalue weighted by atomic mass is 15.4. The van der Waals surface area contributed by atoms with Crippen molar-refractivity contribution in [2.75, 3.05) is 5.43 Å². The Hall–Kier alpha value is -2.10. The highest BCUT2D eigenvalue weighted by Crippen LogP contribution is 2.25. The van der Waals surface area contributed by atoms with Crippen molar-refractivity contribution in [2.24, 2.45) is 5.73 Å². The molecular formula is C18H23N3. The molecular weight excluding hydrogens is 258 g/mol. The van der Waals surface area contributed by atoms with E-state index in [4.69, 9.17) is 5.73 Å². The maximum Gasteiger partial charge on any atom is 0.0572 e. The summed E-state index contributed by atoms with van der Waals surface area (Å²) in [5.74, 6) is 0. The predicted molar refractivity (Wildman–Crippen MR) is 89.9 cm³/mol. The summed E-state index contributed by atoms with van der Waals surface area (Å²) in [4.78, 5) is 0. The first kappa shape index (κ1) is 15.3. The van der Waals surface area contributed by atoms with E-state index in [9.17, 15) is 0 Å². The summed E-state index contributed by atoms with van der Waals surface area (Å²) in [5.41, 5.74) is 16.1. The van der Waals surface area contributed by atoms with Crippen molar-refractivity contribution in [1.29, 1.82) is 0 Å². The first-order valence-electron chi connectivity index (χ1n) is 7.26. The fourth-order valence-electron chi connectivity index (χ4n) is 2.25. The summed E-state index contributed by atoms with van der Waals surface area (Å²) < 4.78 is 0. The summed E-state index contributed by atoms with van der Waals surface area (Å²) in [6.45, 7) is 4.10. The average Bonchev–Trinajstić information content (AvgIpc) is 2.54. The van der Waals surface area contributed by atoms with Gasteiger partial charge in [-0.1, -0.05) is 60.7 Å². The van der Waals surface area contributed by atoms with Crippen LogP contribution in [0.15, 0.2) is 66.7 Å². The van der Waals surface area contributed by atoms with Crippen molar-refractivity contribution in [1.82, 2.24) is 5.43 Å². The minimum atomic E-state index is -0.145. The van der Waals surface area contributed by atoms with Gasteiger partial charge in [0.05, 0.1) is 11.7 Å². The molecule has 2 aromatic carbocycles. The van der Waals surface area contributed by atoms with E-state index in [1.54, 1.807) is 0 Å². The zero-order valence-corrected chi connectivity index (χ0v) is 12.6. The fourth-order valence-corrected chi connectivity index (χ4v) is 2.25. The summed E-state index contributed by atoms with van der Waals surface area (Å²) in [6.07, 6.45) is 4.12. The lowest BCUT2D eigenvalue weighted by Crippen LogP contribution is -2.31. The summed E-state index contributed by atoms with van der Waals surface area (Å²) >= 11 is 0. The van der Waals surface area contributed by atoms with Crippen LogP contribution in [0.25, 0.3) is 0 Å². The molecule has 3 nitrogen and oxygen atoms in total. The number of para-hydroxylation sites is 1. The van der Waals surface area contributed by atoms with Gasteiger partial charge < -0.3 is 11.2 Å². The topological polar surface area (TPSA) is 50.1 Å². The van der Waals surface area contributed by atoms with E-state index >= 15 is 0 Å². The van der Waals surface area contributed by atoms with E-state index in [1.165, 1.54) is 0 Å². The van der Waals surface area contributed by atoms with Gasteiger partial charge in [0.15, 0.2) is 0 Å². The van der Waals surface area contributed by atoms with Crippen molar-refractivity contribution in [3.05, 3.63) is 77.9 Å². The van der Waals surface area contributed by atoms with Crippen LogP contribution in [0, 0.1) is 0 Å². The average molecular weight is 281 g/mol. The third kappa shape index (κ3) is 4.18. The molecule has 21 heavy (non-hydrogen) atoms. The van der Waals surface area contributed by atoms with Gasteiger partial charge in [0.25, 0.3) is 0 Å². The Morgan fingerprint density at radius 3 is 2.38 bits per heavy atom. The minimum Gasteiger partial charge on any atom is -0.321 e. The van der Waals surface area contributed by atoms with Crippen molar-refractivity contribution in [3.8, 4) is 0 Å². The second-order valence-corrected chi connectivity index (χ2v) is 5.06. The predicted octanol–water partition coefficient (Wildman–Crippen LogP) is 3.62. The molecule has 0 bridgehead atoms. The van der Waals surface area contributed by atoms with Crippen LogP contribution in [-0.4, -0.2) is 6.04 Å². The Morgan fingerprint density at radius 2 is 1.67 bits per heavy atom. The molecule has 0 aliphatic carbocycles. The molecule has 0 saturated carbocycles. The van der Waals surface area contributed by atoms with Gasteiger partial charge in [0, 0.05) is 6.04 Å². The third-order valence-corrected chi connectivity index (χ3v) is 3.37. The molecule has 4 N–H and O–H groups in total. The van der Waals surface area contributed by atoms with Gasteiger partial charge in [-0.2, -0.15) is 0 Å². The quantitative estimate of drug-likeness (QED) is 0.560. The molecule has 0 aromatic heterocycles. The number of anilines is 1. The first-order valence-corrected chi connectivity index (χ1v) is 7.26. The molecule has 2 atom stereocenters. The molecule has 110 valence electrons. The largest absolute Gasteiger partial charge is 0.321 e. The SMILES string of the molecule is C/C=C\C(C)NNc1ccccc1C(N)c1ccccc1. The van der Waals surface area contributed by atoms with Gasteiger partial charge in [-0.25, -0.2) is 5.43 Å². The Bertz CT molecular complexity index is 578. The van der Waals surface area contributed by atoms with Crippen LogP contribution in [0.5, 0.6) is 0 Å². The van der Waals surface area contributed by atoms with E-state index in [0.717, 1.165) is 16.8 Å². The van der Waals surface area contributed by atoms with Crippen LogP contribution in [0.4, 0.5) is 5.69 Å². The highest BCUT2D eigenvalue weighted by molar-refractivity contribution is 5.54. The number of allylic oxidation sites excluding steroid dienone is 1. The zero-order chi connectivity index (χ0) is 15.1. The van der Waals surface area contributed by atoms with Gasteiger partial charge in [0.1, 0.15) is 0 Å². The molecule has 3 heteroatoms. The van der Waals surface area contributed by atoms with Gasteiger partial charge >= 0.3 is 0 Å². The number of rotatable bonds is 6. The molecule has 0 saturated heterocycles. The van der Waals surface area contributed by atoms with Crippen LogP contribution in [0.2, 0.25) is 0 Å². The third-order valence-electron chi connectivity index (χ3n) is 3.37. The monoisotopic (exact) mass is 281 g/mol. The molecule has 0 spiro atoms. The molecule has 0 aliphatic heterocycles. The fraction of sp³-hybridized carbons (Fsp3) is 0.222. The number of benzene rings is 2. The Labute approximate surface area is 126 Å². The van der Waals surface area contributed by atoms with Crippen LogP contribution < -0.4 is 16.6 Å². The van der Waals surface area contributed by atoms with Crippen molar-refractivity contribution in [3.63, 3.8) is 0 Å². The van der Waals surface area contributed by atoms with Gasteiger partial charge in [0.2, 0.25) is 0 Å². The van der Waals surface area contributed by atoms with Crippen molar-refractivity contribution in [2.45, 2.75) is 25.9 Å². The molecule has 0 heterocycles. The van der Waals surface area contributed by atoms with Gasteiger partial charge in [-0.15, -0.1) is 0 Å². The molecule has 2 aromatic rings. The number of nitrogens with one attached hydrogen (secondary N) is 2. The number of hydrogen-bond donors (Lipinski definition) is 3. The summed E-state index contributed by atoms with van der Waals surface area (Å²) in [7, 11) is 0. The van der Waals surface area contributed by atoms with Crippen molar-refractivity contribution < 1.29 is 0 Å². The van der Waals surface area contributed by atoms with Crippen LogP contribution in [0.1, 0.15) is 31.0 Å². The summed E-state index contributed by atoms with van der Waals surface area (Å²) in [6, 6.07) is 18.3. The maximum atomic E-state index is 6.40. The zero-order valence-electron chi connectivity index (χ0n) is 12.6. The lowest BCUT2D eigenvalue weighted by molar-refractivity contribution is 0.713. The number of hydrazine groups is 1. The lowest BCUT2D eigenvalue weighted by Gasteiger charge is -2.19. The maximum absolute atomic E-state index is 6.40. The first-order chi connectivity index (χ1) is 10.2. The standard InChI is InChI=1S/C18H23N3/c1-3-9-14(2)20-21-17-13-8-7-12-16(17)18(19)15-10-5-4-6-11-15/h3-14,18,20-21H,19H2,1-2H3/b9-3-. The van der Waals surface area contributed by atoms with Crippen LogP contribution >= 0.6 is 0 Å². The Morgan fingerprint density at radius 1 is 1.00 bits per heavy atom. The molecule has 0 fully saturated rings. The molecule has 2 unspecified atom stereocenters. The van der Waals surface area contributed by atoms with Crippen LogP contribution in [-0.2, 0) is 0 Å². The molecule has 0 amide bonds. The second kappa shape index (κ2) is 7.62. The number of hydrogen-bond acceptors (Lipinski definition) is 3. The molecule has 2 rings (SSSR count). The van der Waals surface area contributed by atoms with Gasteiger partial charge in [-0.3, -0.25) is 0 Å². The number of nitrogens with two attached hydrogens (primary N) is 1. The minimum absolute atomic E-state index is 0.145. The van der Waals surface area contributed by atoms with Gasteiger partial charge in [-0.05, 0) is 31.0 Å². The molecule has 0 radical (unpaired) electrons. The van der Waals surface area contributed by atoms with E-state index in [0.29, 0.717) is 0 Å². The normalized spacial score (nSPS) is 14.0. The second-order valence-electron chi connectivity index (χ2n) is 5.06.